The molecule has 5 heteroatoms. The molecule has 0 aliphatic carbocycles. The Morgan fingerprint density at radius 2 is 1.71 bits per heavy atom. The second-order valence-electron chi connectivity index (χ2n) is 6.68. The second kappa shape index (κ2) is 8.18. The summed E-state index contributed by atoms with van der Waals surface area (Å²) in [5.41, 5.74) is 1.73. The summed E-state index contributed by atoms with van der Waals surface area (Å²) in [6.45, 7) is 9.13. The fourth-order valence-electron chi connectivity index (χ4n) is 3.20. The fourth-order valence-corrected chi connectivity index (χ4v) is 3.20. The topological polar surface area (TPSA) is 43.9 Å². The number of benzene rings is 1. The summed E-state index contributed by atoms with van der Waals surface area (Å²) in [6, 6.07) is 8.07. The third-order valence-corrected chi connectivity index (χ3v) is 4.59. The maximum Gasteiger partial charge on any atom is 0.254 e. The molecule has 1 aliphatic rings. The molecular formula is C19H29N3O2. The molecule has 0 spiro atoms. The van der Waals surface area contributed by atoms with Crippen LogP contribution in [-0.2, 0) is 4.79 Å². The Morgan fingerprint density at radius 1 is 1.12 bits per heavy atom. The average Bonchev–Trinajstić information content (AvgIpc) is 3.09. The molecule has 0 saturated carbocycles. The van der Waals surface area contributed by atoms with Crippen molar-refractivity contribution in [1.82, 2.24) is 9.80 Å². The van der Waals surface area contributed by atoms with E-state index < -0.39 is 0 Å². The number of likely N-dealkylation sites (tertiary alicyclic amines) is 1. The van der Waals surface area contributed by atoms with Crippen LogP contribution in [0.3, 0.4) is 0 Å². The number of nitrogens with zero attached hydrogens (tertiary/aromatic N) is 3. The van der Waals surface area contributed by atoms with E-state index in [0.29, 0.717) is 11.6 Å². The van der Waals surface area contributed by atoms with Crippen LogP contribution in [0.25, 0.3) is 0 Å². The van der Waals surface area contributed by atoms with E-state index in [0.717, 1.165) is 38.2 Å². The van der Waals surface area contributed by atoms with E-state index in [9.17, 15) is 9.59 Å². The van der Waals surface area contributed by atoms with E-state index >= 15 is 0 Å². The van der Waals surface area contributed by atoms with Gasteiger partial charge >= 0.3 is 0 Å². The van der Waals surface area contributed by atoms with Crippen LogP contribution in [0.1, 0.15) is 44.0 Å². The van der Waals surface area contributed by atoms with Gasteiger partial charge in [0.1, 0.15) is 0 Å². The number of amides is 2. The summed E-state index contributed by atoms with van der Waals surface area (Å²) >= 11 is 0. The summed E-state index contributed by atoms with van der Waals surface area (Å²) in [5.74, 6) is -0.0707. The van der Waals surface area contributed by atoms with Crippen LogP contribution < -0.4 is 4.90 Å². The molecule has 2 amide bonds. The summed E-state index contributed by atoms with van der Waals surface area (Å²) in [5, 5.41) is 0. The number of rotatable bonds is 6. The van der Waals surface area contributed by atoms with Crippen molar-refractivity contribution >= 4 is 17.5 Å². The molecule has 1 aromatic rings. The summed E-state index contributed by atoms with van der Waals surface area (Å²) in [7, 11) is 1.69. The first-order valence-corrected chi connectivity index (χ1v) is 8.84. The highest BCUT2D eigenvalue weighted by Gasteiger charge is 2.21. The summed E-state index contributed by atoms with van der Waals surface area (Å²) in [6.07, 6.45) is 2.13. The highest BCUT2D eigenvalue weighted by molar-refractivity contribution is 5.96. The van der Waals surface area contributed by atoms with Crippen molar-refractivity contribution in [3.8, 4) is 0 Å². The quantitative estimate of drug-likeness (QED) is 0.805. The second-order valence-corrected chi connectivity index (χ2v) is 6.68. The van der Waals surface area contributed by atoms with Crippen molar-refractivity contribution in [1.29, 1.82) is 0 Å². The van der Waals surface area contributed by atoms with Gasteiger partial charge in [-0.3, -0.25) is 9.59 Å². The van der Waals surface area contributed by atoms with Crippen LogP contribution in [0.4, 0.5) is 5.69 Å². The number of likely N-dealkylation sites (N-methyl/N-ethyl adjacent to an activating group) is 1. The molecule has 0 aromatic heterocycles. The highest BCUT2D eigenvalue weighted by Crippen LogP contribution is 2.18. The molecule has 1 saturated heterocycles. The predicted molar refractivity (Wildman–Crippen MR) is 97.4 cm³/mol. The Bertz CT molecular complexity index is 562. The molecule has 1 aliphatic heterocycles. The molecule has 1 heterocycles. The van der Waals surface area contributed by atoms with Crippen molar-refractivity contribution < 1.29 is 9.59 Å². The maximum atomic E-state index is 12.5. The summed E-state index contributed by atoms with van der Waals surface area (Å²) in [4.78, 5) is 30.3. The number of carbonyl (C=O) groups excluding carboxylic acids is 2. The number of hydrogen-bond donors (Lipinski definition) is 0. The minimum Gasteiger partial charge on any atom is -0.369 e. The van der Waals surface area contributed by atoms with E-state index in [1.165, 1.54) is 4.90 Å². The molecule has 24 heavy (non-hydrogen) atoms. The Hall–Kier alpha value is -2.04. The van der Waals surface area contributed by atoms with Crippen LogP contribution in [0.15, 0.2) is 24.3 Å². The lowest BCUT2D eigenvalue weighted by Crippen LogP contribution is -2.39. The lowest BCUT2D eigenvalue weighted by atomic mass is 10.1. The highest BCUT2D eigenvalue weighted by atomic mass is 16.2. The average molecular weight is 331 g/mol. The lowest BCUT2D eigenvalue weighted by Gasteiger charge is -2.27. The Morgan fingerprint density at radius 3 is 2.21 bits per heavy atom. The number of anilines is 1. The largest absolute Gasteiger partial charge is 0.369 e. The first-order valence-electron chi connectivity index (χ1n) is 8.84. The van der Waals surface area contributed by atoms with Crippen molar-refractivity contribution in [2.24, 2.45) is 0 Å². The SMILES string of the molecule is CCN(c1ccc(C(=O)N(C)CC(=O)N2CCCC2)cc1)C(C)C. The zero-order valence-corrected chi connectivity index (χ0v) is 15.3. The monoisotopic (exact) mass is 331 g/mol. The van der Waals surface area contributed by atoms with Crippen LogP contribution >= 0.6 is 0 Å². The molecular weight excluding hydrogens is 302 g/mol. The zero-order valence-electron chi connectivity index (χ0n) is 15.3. The van der Waals surface area contributed by atoms with Gasteiger partial charge in [0.25, 0.3) is 5.91 Å². The van der Waals surface area contributed by atoms with Crippen LogP contribution in [0.2, 0.25) is 0 Å². The molecule has 0 atom stereocenters. The third-order valence-electron chi connectivity index (χ3n) is 4.59. The van der Waals surface area contributed by atoms with Gasteiger partial charge in [0.05, 0.1) is 6.54 Å². The lowest BCUT2D eigenvalue weighted by molar-refractivity contribution is -0.130. The smallest absolute Gasteiger partial charge is 0.254 e. The van der Waals surface area contributed by atoms with Gasteiger partial charge in [-0.2, -0.15) is 0 Å². The molecule has 0 N–H and O–H groups in total. The van der Waals surface area contributed by atoms with Gasteiger partial charge in [-0.1, -0.05) is 0 Å². The van der Waals surface area contributed by atoms with Crippen LogP contribution in [-0.4, -0.2) is 60.9 Å². The Labute approximate surface area is 145 Å². The zero-order chi connectivity index (χ0) is 17.7. The van der Waals surface area contributed by atoms with Gasteiger partial charge in [-0.15, -0.1) is 0 Å². The molecule has 0 bridgehead atoms. The van der Waals surface area contributed by atoms with Gasteiger partial charge in [-0.25, -0.2) is 0 Å². The summed E-state index contributed by atoms with van der Waals surface area (Å²) < 4.78 is 0. The standard InChI is InChI=1S/C19H29N3O2/c1-5-22(15(2)3)17-10-8-16(9-11-17)19(24)20(4)14-18(23)21-12-6-7-13-21/h8-11,15H,5-7,12-14H2,1-4H3. The van der Waals surface area contributed by atoms with Gasteiger partial charge in [0, 0.05) is 44.0 Å². The molecule has 0 unspecified atom stereocenters. The van der Waals surface area contributed by atoms with Crippen molar-refractivity contribution in [3.63, 3.8) is 0 Å². The van der Waals surface area contributed by atoms with Crippen molar-refractivity contribution in [3.05, 3.63) is 29.8 Å². The minimum absolute atomic E-state index is 0.0388. The normalized spacial score (nSPS) is 14.1. The van der Waals surface area contributed by atoms with Crippen molar-refractivity contribution in [2.45, 2.75) is 39.7 Å². The first-order chi connectivity index (χ1) is 11.4. The van der Waals surface area contributed by atoms with Crippen molar-refractivity contribution in [2.75, 3.05) is 38.1 Å². The number of hydrogen-bond acceptors (Lipinski definition) is 3. The minimum atomic E-state index is -0.110. The van der Waals surface area contributed by atoms with E-state index in [-0.39, 0.29) is 18.4 Å². The Balaban J connectivity index is 1.99. The van der Waals surface area contributed by atoms with E-state index in [1.54, 1.807) is 7.05 Å². The maximum absolute atomic E-state index is 12.5. The fraction of sp³-hybridized carbons (Fsp3) is 0.579. The van der Waals surface area contributed by atoms with Gasteiger partial charge < -0.3 is 14.7 Å². The molecule has 0 radical (unpaired) electrons. The molecule has 132 valence electrons. The van der Waals surface area contributed by atoms with E-state index in [4.69, 9.17) is 0 Å². The molecule has 1 aromatic carbocycles. The van der Waals surface area contributed by atoms with E-state index in [1.807, 2.05) is 29.2 Å². The number of carbonyl (C=O) groups is 2. The molecule has 2 rings (SSSR count). The van der Waals surface area contributed by atoms with Crippen LogP contribution in [0.5, 0.6) is 0 Å². The first kappa shape index (κ1) is 18.3. The van der Waals surface area contributed by atoms with Gasteiger partial charge in [0.15, 0.2) is 0 Å². The van der Waals surface area contributed by atoms with Crippen LogP contribution in [0, 0.1) is 0 Å². The predicted octanol–water partition coefficient (Wildman–Crippen LogP) is 2.62. The van der Waals surface area contributed by atoms with E-state index in [2.05, 4.69) is 25.7 Å². The third kappa shape index (κ3) is 4.28. The van der Waals surface area contributed by atoms with Gasteiger partial charge in [-0.05, 0) is 57.9 Å². The van der Waals surface area contributed by atoms with Gasteiger partial charge in [0.2, 0.25) is 5.91 Å². The molecule has 1 fully saturated rings. The molecule has 5 nitrogen and oxygen atoms in total. The Kier molecular flexibility index (Phi) is 6.23.